The molecule has 0 radical (unpaired) electrons. The van der Waals surface area contributed by atoms with Crippen molar-refractivity contribution < 1.29 is 24.6 Å². The van der Waals surface area contributed by atoms with E-state index in [2.05, 4.69) is 0 Å². The van der Waals surface area contributed by atoms with Crippen LogP contribution in [0.5, 0.6) is 0 Å². The van der Waals surface area contributed by atoms with E-state index in [0.29, 0.717) is 5.57 Å². The van der Waals surface area contributed by atoms with Crippen molar-refractivity contribution in [3.63, 3.8) is 0 Å². The molecule has 5 nitrogen and oxygen atoms in total. The maximum absolute atomic E-state index is 12.6. The zero-order chi connectivity index (χ0) is 16.8. The molecule has 0 amide bonds. The lowest BCUT2D eigenvalue weighted by atomic mass is 9.80. The van der Waals surface area contributed by atoms with Crippen molar-refractivity contribution in [2.45, 2.75) is 70.6 Å². The third-order valence-electron chi connectivity index (χ3n) is 5.25. The molecule has 0 atom stereocenters. The Morgan fingerprint density at radius 1 is 0.739 bits per heavy atom. The van der Waals surface area contributed by atoms with Crippen LogP contribution in [0.1, 0.15) is 70.6 Å². The molecule has 23 heavy (non-hydrogen) atoms. The summed E-state index contributed by atoms with van der Waals surface area (Å²) in [5.74, 6) is -2.14. The van der Waals surface area contributed by atoms with E-state index in [-0.39, 0.29) is 29.6 Å². The van der Waals surface area contributed by atoms with Gasteiger partial charge in [-0.15, -0.1) is 0 Å². The van der Waals surface area contributed by atoms with Crippen molar-refractivity contribution in [3.05, 3.63) is 11.1 Å². The fraction of sp³-hybridized carbons (Fsp3) is 0.722. The Balaban J connectivity index is 2.23. The van der Waals surface area contributed by atoms with Crippen molar-refractivity contribution >= 4 is 17.7 Å². The molecule has 0 heterocycles. The van der Waals surface area contributed by atoms with Crippen LogP contribution in [0.15, 0.2) is 11.1 Å². The molecule has 0 saturated heterocycles. The summed E-state index contributed by atoms with van der Waals surface area (Å²) in [6.45, 7) is 0. The maximum Gasteiger partial charge on any atom is 0.332 e. The fourth-order valence-corrected chi connectivity index (χ4v) is 4.01. The molecule has 2 aliphatic rings. The SMILES string of the molecule is O=C(O)CC(C(=O)O)=C(CC(=O)C1CCCCC1)C1CCCC1. The third-order valence-corrected chi connectivity index (χ3v) is 5.25. The number of carboxylic acids is 2. The molecule has 0 unspecified atom stereocenters. The van der Waals surface area contributed by atoms with Gasteiger partial charge in [-0.25, -0.2) is 4.79 Å². The Morgan fingerprint density at radius 3 is 1.78 bits per heavy atom. The van der Waals surface area contributed by atoms with Crippen LogP contribution >= 0.6 is 0 Å². The number of rotatable bonds is 7. The molecule has 0 aliphatic heterocycles. The van der Waals surface area contributed by atoms with Gasteiger partial charge >= 0.3 is 11.9 Å². The van der Waals surface area contributed by atoms with Gasteiger partial charge in [0.05, 0.1) is 6.42 Å². The first-order valence-corrected chi connectivity index (χ1v) is 8.68. The molecule has 0 aromatic rings. The number of hydrogen-bond acceptors (Lipinski definition) is 3. The maximum atomic E-state index is 12.6. The molecule has 0 bridgehead atoms. The average molecular weight is 322 g/mol. The van der Waals surface area contributed by atoms with E-state index >= 15 is 0 Å². The number of carbonyl (C=O) groups excluding carboxylic acids is 1. The first kappa shape index (κ1) is 17.7. The van der Waals surface area contributed by atoms with Gasteiger partial charge in [0.15, 0.2) is 0 Å². The Morgan fingerprint density at radius 2 is 1.26 bits per heavy atom. The molecular formula is C18H26O5. The van der Waals surface area contributed by atoms with Gasteiger partial charge in [-0.1, -0.05) is 32.1 Å². The lowest BCUT2D eigenvalue weighted by molar-refractivity contribution is -0.139. The van der Waals surface area contributed by atoms with Crippen LogP contribution in [0.3, 0.4) is 0 Å². The highest BCUT2D eigenvalue weighted by atomic mass is 16.4. The number of Topliss-reactive ketones (excluding diaryl/α,β-unsaturated/α-hetero) is 1. The monoisotopic (exact) mass is 322 g/mol. The zero-order valence-electron chi connectivity index (χ0n) is 13.6. The topological polar surface area (TPSA) is 91.7 Å². The van der Waals surface area contributed by atoms with Gasteiger partial charge in [-0.05, 0) is 37.2 Å². The minimum atomic E-state index is -1.19. The van der Waals surface area contributed by atoms with Gasteiger partial charge in [0.2, 0.25) is 0 Å². The molecule has 2 fully saturated rings. The molecular weight excluding hydrogens is 296 g/mol. The van der Waals surface area contributed by atoms with Crippen LogP contribution < -0.4 is 0 Å². The van der Waals surface area contributed by atoms with Crippen LogP contribution in [-0.4, -0.2) is 27.9 Å². The largest absolute Gasteiger partial charge is 0.481 e. The molecule has 2 rings (SSSR count). The van der Waals surface area contributed by atoms with Gasteiger partial charge in [0, 0.05) is 17.9 Å². The van der Waals surface area contributed by atoms with Gasteiger partial charge in [-0.2, -0.15) is 0 Å². The summed E-state index contributed by atoms with van der Waals surface area (Å²) in [6.07, 6.45) is 8.44. The van der Waals surface area contributed by atoms with Crippen LogP contribution in [-0.2, 0) is 14.4 Å². The summed E-state index contributed by atoms with van der Waals surface area (Å²) in [4.78, 5) is 35.2. The van der Waals surface area contributed by atoms with Crippen molar-refractivity contribution in [3.8, 4) is 0 Å². The fourth-order valence-electron chi connectivity index (χ4n) is 4.01. The van der Waals surface area contributed by atoms with Crippen LogP contribution in [0.25, 0.3) is 0 Å². The van der Waals surface area contributed by atoms with Crippen LogP contribution in [0.2, 0.25) is 0 Å². The molecule has 2 aliphatic carbocycles. The highest BCUT2D eigenvalue weighted by Gasteiger charge is 2.30. The summed E-state index contributed by atoms with van der Waals surface area (Å²) in [7, 11) is 0. The predicted molar refractivity (Wildman–Crippen MR) is 85.1 cm³/mol. The molecule has 0 aromatic heterocycles. The van der Waals surface area contributed by atoms with Crippen molar-refractivity contribution in [1.29, 1.82) is 0 Å². The standard InChI is InChI=1S/C18H26O5/c19-16(13-8-2-1-3-9-13)10-14(12-6-4-5-7-12)15(18(22)23)11-17(20)21/h12-13H,1-11H2,(H,20,21)(H,22,23). The van der Waals surface area contributed by atoms with E-state index in [9.17, 15) is 19.5 Å². The first-order valence-electron chi connectivity index (χ1n) is 8.68. The number of aliphatic carboxylic acids is 2. The first-order chi connectivity index (χ1) is 11.0. The van der Waals surface area contributed by atoms with Gasteiger partial charge < -0.3 is 10.2 Å². The Hall–Kier alpha value is -1.65. The second-order valence-electron chi connectivity index (χ2n) is 6.84. The summed E-state index contributed by atoms with van der Waals surface area (Å²) >= 11 is 0. The highest BCUT2D eigenvalue weighted by Crippen LogP contribution is 2.37. The minimum Gasteiger partial charge on any atom is -0.481 e. The van der Waals surface area contributed by atoms with E-state index in [1.165, 1.54) is 0 Å². The quantitative estimate of drug-likeness (QED) is 0.699. The Kier molecular flexibility index (Phi) is 6.37. The van der Waals surface area contributed by atoms with Gasteiger partial charge in [0.1, 0.15) is 5.78 Å². The highest BCUT2D eigenvalue weighted by molar-refractivity contribution is 5.95. The number of ketones is 1. The van der Waals surface area contributed by atoms with E-state index in [1.54, 1.807) is 0 Å². The van der Waals surface area contributed by atoms with Crippen molar-refractivity contribution in [2.75, 3.05) is 0 Å². The van der Waals surface area contributed by atoms with Crippen LogP contribution in [0.4, 0.5) is 0 Å². The molecule has 2 saturated carbocycles. The normalized spacial score (nSPS) is 21.0. The predicted octanol–water partition coefficient (Wildman–Crippen LogP) is 3.57. The van der Waals surface area contributed by atoms with Crippen LogP contribution in [0, 0.1) is 11.8 Å². The van der Waals surface area contributed by atoms with Crippen molar-refractivity contribution in [2.24, 2.45) is 11.8 Å². The molecule has 0 spiro atoms. The average Bonchev–Trinajstić information content (AvgIpc) is 3.05. The third kappa shape index (κ3) is 4.91. The minimum absolute atomic E-state index is 0.0278. The summed E-state index contributed by atoms with van der Waals surface area (Å²) in [5.41, 5.74) is 0.529. The van der Waals surface area contributed by atoms with E-state index in [0.717, 1.165) is 57.8 Å². The van der Waals surface area contributed by atoms with Gasteiger partial charge in [0.25, 0.3) is 0 Å². The smallest absolute Gasteiger partial charge is 0.332 e. The lowest BCUT2D eigenvalue weighted by Crippen LogP contribution is -2.22. The molecule has 0 aromatic carbocycles. The van der Waals surface area contributed by atoms with Crippen molar-refractivity contribution in [1.82, 2.24) is 0 Å². The Bertz CT molecular complexity index is 494. The number of allylic oxidation sites excluding steroid dienone is 1. The number of hydrogen-bond donors (Lipinski definition) is 2. The molecule has 128 valence electrons. The lowest BCUT2D eigenvalue weighted by Gasteiger charge is -2.23. The zero-order valence-corrected chi connectivity index (χ0v) is 13.6. The second-order valence-corrected chi connectivity index (χ2v) is 6.84. The van der Waals surface area contributed by atoms with E-state index < -0.39 is 18.4 Å². The van der Waals surface area contributed by atoms with Gasteiger partial charge in [-0.3, -0.25) is 9.59 Å². The summed E-state index contributed by atoms with van der Waals surface area (Å²) < 4.78 is 0. The van der Waals surface area contributed by atoms with E-state index in [4.69, 9.17) is 5.11 Å². The summed E-state index contributed by atoms with van der Waals surface area (Å²) in [5, 5.41) is 18.5. The van der Waals surface area contributed by atoms with E-state index in [1.807, 2.05) is 0 Å². The second kappa shape index (κ2) is 8.27. The summed E-state index contributed by atoms with van der Waals surface area (Å²) in [6, 6.07) is 0. The number of carbonyl (C=O) groups is 3. The molecule has 5 heteroatoms. The molecule has 2 N–H and O–H groups in total. The Labute approximate surface area is 136 Å². The number of carboxylic acid groups (broad SMARTS) is 2.